The maximum absolute atomic E-state index is 13.5. The van der Waals surface area contributed by atoms with Crippen LogP contribution in [0.1, 0.15) is 44.7 Å². The van der Waals surface area contributed by atoms with Crippen molar-refractivity contribution in [2.75, 3.05) is 26.9 Å². The summed E-state index contributed by atoms with van der Waals surface area (Å²) in [6, 6.07) is 23.3. The standard InChI is InChI=1S/C30H31N3O5/c1-37-27-12-7-13-33(27)28(35)24-14-23(26-11-6-5-10-22(26)18-31)15-25(16-24)29(36)38-20-30(32,19-34)17-21-8-3-2-4-9-21/h2-6,8-11,14-16,27,34H,7,12-13,17,19-20,32H2,1H3. The molecule has 3 aromatic rings. The number of nitriles is 1. The van der Waals surface area contributed by atoms with Crippen LogP contribution in [0.3, 0.4) is 0 Å². The fourth-order valence-corrected chi connectivity index (χ4v) is 4.68. The smallest absolute Gasteiger partial charge is 0.338 e. The van der Waals surface area contributed by atoms with Crippen molar-refractivity contribution in [2.24, 2.45) is 5.73 Å². The van der Waals surface area contributed by atoms with E-state index in [-0.39, 0.29) is 36.5 Å². The lowest BCUT2D eigenvalue weighted by molar-refractivity contribution is 0.00166. The number of aliphatic hydroxyl groups excluding tert-OH is 1. The van der Waals surface area contributed by atoms with E-state index in [1.54, 1.807) is 48.4 Å². The Morgan fingerprint density at radius 2 is 1.82 bits per heavy atom. The number of hydrogen-bond acceptors (Lipinski definition) is 7. The lowest BCUT2D eigenvalue weighted by Crippen LogP contribution is -2.50. The van der Waals surface area contributed by atoms with Gasteiger partial charge in [-0.25, -0.2) is 4.79 Å². The van der Waals surface area contributed by atoms with E-state index in [1.807, 2.05) is 30.3 Å². The van der Waals surface area contributed by atoms with Crippen LogP contribution in [0, 0.1) is 11.3 Å². The summed E-state index contributed by atoms with van der Waals surface area (Å²) < 4.78 is 11.0. The molecule has 38 heavy (non-hydrogen) atoms. The molecule has 3 aromatic carbocycles. The summed E-state index contributed by atoms with van der Waals surface area (Å²) in [5, 5.41) is 19.6. The zero-order valence-corrected chi connectivity index (χ0v) is 21.3. The molecule has 1 aliphatic heterocycles. The summed E-state index contributed by atoms with van der Waals surface area (Å²) in [5.41, 5.74) is 8.07. The Hall–Kier alpha value is -4.03. The maximum Gasteiger partial charge on any atom is 0.338 e. The number of carbonyl (C=O) groups excluding carboxylic acids is 2. The highest BCUT2D eigenvalue weighted by Gasteiger charge is 2.31. The number of amides is 1. The first-order chi connectivity index (χ1) is 18.4. The number of esters is 1. The van der Waals surface area contributed by atoms with Crippen LogP contribution in [0.4, 0.5) is 0 Å². The van der Waals surface area contributed by atoms with Crippen LogP contribution in [0.15, 0.2) is 72.8 Å². The summed E-state index contributed by atoms with van der Waals surface area (Å²) >= 11 is 0. The second-order valence-corrected chi connectivity index (χ2v) is 9.55. The lowest BCUT2D eigenvalue weighted by atomic mass is 9.93. The highest BCUT2D eigenvalue weighted by molar-refractivity contribution is 6.00. The molecule has 4 rings (SSSR count). The van der Waals surface area contributed by atoms with Gasteiger partial charge < -0.3 is 25.2 Å². The molecule has 2 atom stereocenters. The fourth-order valence-electron chi connectivity index (χ4n) is 4.68. The molecular formula is C30H31N3O5. The van der Waals surface area contributed by atoms with Crippen molar-refractivity contribution in [1.29, 1.82) is 5.26 Å². The Bertz CT molecular complexity index is 1340. The number of nitrogens with zero attached hydrogens (tertiary/aromatic N) is 2. The Balaban J connectivity index is 1.65. The summed E-state index contributed by atoms with van der Waals surface area (Å²) in [6.45, 7) is -0.0684. The van der Waals surface area contributed by atoms with Crippen molar-refractivity contribution in [1.82, 2.24) is 4.90 Å². The molecule has 0 aromatic heterocycles. The van der Waals surface area contributed by atoms with Gasteiger partial charge in [-0.1, -0.05) is 48.5 Å². The Morgan fingerprint density at radius 3 is 2.53 bits per heavy atom. The molecule has 3 N–H and O–H groups in total. The molecule has 8 nitrogen and oxygen atoms in total. The van der Waals surface area contributed by atoms with Gasteiger partial charge in [0.15, 0.2) is 0 Å². The van der Waals surface area contributed by atoms with E-state index < -0.39 is 11.5 Å². The highest BCUT2D eigenvalue weighted by Crippen LogP contribution is 2.28. The third-order valence-corrected chi connectivity index (χ3v) is 6.71. The normalized spacial score (nSPS) is 16.5. The SMILES string of the molecule is COC1CCCN1C(=O)c1cc(C(=O)OCC(N)(CO)Cc2ccccc2)cc(-c2ccccc2C#N)c1. The van der Waals surface area contributed by atoms with E-state index in [1.165, 1.54) is 6.07 Å². The van der Waals surface area contributed by atoms with Crippen molar-refractivity contribution < 1.29 is 24.2 Å². The zero-order chi connectivity index (χ0) is 27.1. The predicted molar refractivity (Wildman–Crippen MR) is 142 cm³/mol. The van der Waals surface area contributed by atoms with E-state index in [9.17, 15) is 20.0 Å². The van der Waals surface area contributed by atoms with Gasteiger partial charge in [-0.05, 0) is 60.2 Å². The average molecular weight is 514 g/mol. The molecule has 0 saturated carbocycles. The topological polar surface area (TPSA) is 126 Å². The first kappa shape index (κ1) is 27.0. The monoisotopic (exact) mass is 513 g/mol. The number of likely N-dealkylation sites (tertiary alicyclic amines) is 1. The van der Waals surface area contributed by atoms with Crippen LogP contribution >= 0.6 is 0 Å². The average Bonchev–Trinajstić information content (AvgIpc) is 3.45. The molecular weight excluding hydrogens is 482 g/mol. The molecule has 1 saturated heterocycles. The molecule has 1 aliphatic rings. The number of nitrogens with two attached hydrogens (primary N) is 1. The first-order valence-corrected chi connectivity index (χ1v) is 12.5. The van der Waals surface area contributed by atoms with Gasteiger partial charge >= 0.3 is 5.97 Å². The van der Waals surface area contributed by atoms with Crippen LogP contribution in [-0.2, 0) is 15.9 Å². The van der Waals surface area contributed by atoms with Gasteiger partial charge in [-0.3, -0.25) is 4.79 Å². The molecule has 0 aliphatic carbocycles. The van der Waals surface area contributed by atoms with Gasteiger partial charge in [0.05, 0.1) is 29.3 Å². The number of aliphatic hydroxyl groups is 1. The number of ether oxygens (including phenoxy) is 2. The second-order valence-electron chi connectivity index (χ2n) is 9.55. The first-order valence-electron chi connectivity index (χ1n) is 12.5. The van der Waals surface area contributed by atoms with Gasteiger partial charge in [-0.15, -0.1) is 0 Å². The quantitative estimate of drug-likeness (QED) is 0.419. The number of hydrogen-bond donors (Lipinski definition) is 2. The van der Waals surface area contributed by atoms with Crippen LogP contribution < -0.4 is 5.73 Å². The second kappa shape index (κ2) is 12.0. The lowest BCUT2D eigenvalue weighted by Gasteiger charge is -2.27. The maximum atomic E-state index is 13.5. The van der Waals surface area contributed by atoms with Crippen LogP contribution in [0.25, 0.3) is 11.1 Å². The van der Waals surface area contributed by atoms with Gasteiger partial charge in [0.2, 0.25) is 0 Å². The number of methoxy groups -OCH3 is 1. The van der Waals surface area contributed by atoms with E-state index in [4.69, 9.17) is 15.2 Å². The van der Waals surface area contributed by atoms with Gasteiger partial charge in [0.25, 0.3) is 5.91 Å². The molecule has 196 valence electrons. The molecule has 2 unspecified atom stereocenters. The fraction of sp³-hybridized carbons (Fsp3) is 0.300. The molecule has 1 fully saturated rings. The third-order valence-electron chi connectivity index (χ3n) is 6.71. The predicted octanol–water partition coefficient (Wildman–Crippen LogP) is 3.52. The summed E-state index contributed by atoms with van der Waals surface area (Å²) in [7, 11) is 1.56. The van der Waals surface area contributed by atoms with E-state index in [0.29, 0.717) is 29.7 Å². The van der Waals surface area contributed by atoms with Gasteiger partial charge in [0, 0.05) is 19.2 Å². The molecule has 0 bridgehead atoms. The van der Waals surface area contributed by atoms with Crippen molar-refractivity contribution in [3.8, 4) is 17.2 Å². The zero-order valence-electron chi connectivity index (χ0n) is 21.3. The Labute approximate surface area is 222 Å². The van der Waals surface area contributed by atoms with Crippen LogP contribution in [-0.4, -0.2) is 60.5 Å². The number of carbonyl (C=O) groups is 2. The van der Waals surface area contributed by atoms with Gasteiger partial charge in [0.1, 0.15) is 12.8 Å². The summed E-state index contributed by atoms with van der Waals surface area (Å²) in [5.74, 6) is -0.955. The largest absolute Gasteiger partial charge is 0.460 e. The van der Waals surface area contributed by atoms with E-state index in [2.05, 4.69) is 6.07 Å². The van der Waals surface area contributed by atoms with Crippen LogP contribution in [0.5, 0.6) is 0 Å². The van der Waals surface area contributed by atoms with Crippen LogP contribution in [0.2, 0.25) is 0 Å². The van der Waals surface area contributed by atoms with Crippen molar-refractivity contribution >= 4 is 11.9 Å². The molecule has 8 heteroatoms. The molecule has 1 amide bonds. The van der Waals surface area contributed by atoms with Gasteiger partial charge in [-0.2, -0.15) is 5.26 Å². The number of rotatable bonds is 9. The molecule has 0 spiro atoms. The van der Waals surface area contributed by atoms with Crippen molar-refractivity contribution in [2.45, 2.75) is 31.0 Å². The van der Waals surface area contributed by atoms with Crippen molar-refractivity contribution in [3.63, 3.8) is 0 Å². The minimum atomic E-state index is -1.18. The highest BCUT2D eigenvalue weighted by atomic mass is 16.5. The van der Waals surface area contributed by atoms with E-state index in [0.717, 1.165) is 18.4 Å². The third kappa shape index (κ3) is 6.09. The van der Waals surface area contributed by atoms with Crippen molar-refractivity contribution in [3.05, 3.63) is 95.1 Å². The number of benzene rings is 3. The molecule has 0 radical (unpaired) electrons. The molecule has 1 heterocycles. The summed E-state index contributed by atoms with van der Waals surface area (Å²) in [6.07, 6.45) is 1.52. The van der Waals surface area contributed by atoms with E-state index >= 15 is 0 Å². The Kier molecular flexibility index (Phi) is 8.54. The minimum Gasteiger partial charge on any atom is -0.460 e. The summed E-state index contributed by atoms with van der Waals surface area (Å²) in [4.78, 5) is 28.4. The Morgan fingerprint density at radius 1 is 1.11 bits per heavy atom. The minimum absolute atomic E-state index is 0.145.